The highest BCUT2D eigenvalue weighted by Gasteiger charge is 2.20. The van der Waals surface area contributed by atoms with Crippen molar-refractivity contribution in [2.45, 2.75) is 40.5 Å². The van der Waals surface area contributed by atoms with Crippen LogP contribution in [0.3, 0.4) is 0 Å². The van der Waals surface area contributed by atoms with Gasteiger partial charge in [0.15, 0.2) is 0 Å². The fourth-order valence-corrected chi connectivity index (χ4v) is 1.74. The molecular formula is C14H30ClN3O2. The number of hydrogen-bond acceptors (Lipinski definition) is 3. The predicted octanol–water partition coefficient (Wildman–Crippen LogP) is 1.40. The molecule has 0 atom stereocenters. The molecule has 0 fully saturated rings. The zero-order valence-corrected chi connectivity index (χ0v) is 14.2. The van der Waals surface area contributed by atoms with Crippen molar-refractivity contribution in [3.8, 4) is 0 Å². The lowest BCUT2D eigenvalue weighted by molar-refractivity contribution is -0.131. The van der Waals surface area contributed by atoms with Gasteiger partial charge in [-0.25, -0.2) is 0 Å². The topological polar surface area (TPSA) is 75.4 Å². The third kappa shape index (κ3) is 10.0. The van der Waals surface area contributed by atoms with E-state index in [4.69, 9.17) is 5.73 Å². The van der Waals surface area contributed by atoms with Crippen LogP contribution in [-0.2, 0) is 9.59 Å². The van der Waals surface area contributed by atoms with Crippen molar-refractivity contribution >= 4 is 24.2 Å². The van der Waals surface area contributed by atoms with E-state index in [-0.39, 0.29) is 29.6 Å². The van der Waals surface area contributed by atoms with E-state index >= 15 is 0 Å². The first-order chi connectivity index (χ1) is 8.68. The van der Waals surface area contributed by atoms with Crippen molar-refractivity contribution in [2.75, 3.05) is 26.7 Å². The summed E-state index contributed by atoms with van der Waals surface area (Å²) in [6.45, 7) is 9.61. The summed E-state index contributed by atoms with van der Waals surface area (Å²) in [4.78, 5) is 25.0. The van der Waals surface area contributed by atoms with Gasteiger partial charge in [-0.15, -0.1) is 12.4 Å². The van der Waals surface area contributed by atoms with Gasteiger partial charge in [0.2, 0.25) is 11.8 Å². The van der Waals surface area contributed by atoms with E-state index in [0.29, 0.717) is 38.4 Å². The van der Waals surface area contributed by atoms with E-state index in [1.165, 1.54) is 0 Å². The Hall–Kier alpha value is -0.810. The number of nitrogens with zero attached hydrogens (tertiary/aromatic N) is 1. The molecule has 0 heterocycles. The molecule has 0 saturated heterocycles. The molecule has 0 bridgehead atoms. The fraction of sp³-hybridized carbons (Fsp3) is 0.857. The van der Waals surface area contributed by atoms with E-state index in [2.05, 4.69) is 5.32 Å². The van der Waals surface area contributed by atoms with Crippen molar-refractivity contribution in [3.05, 3.63) is 0 Å². The van der Waals surface area contributed by atoms with Crippen LogP contribution < -0.4 is 11.1 Å². The van der Waals surface area contributed by atoms with Crippen LogP contribution in [0, 0.1) is 11.3 Å². The largest absolute Gasteiger partial charge is 0.356 e. The lowest BCUT2D eigenvalue weighted by atomic mass is 9.93. The second kappa shape index (κ2) is 10.00. The van der Waals surface area contributed by atoms with E-state index in [0.717, 1.165) is 0 Å². The number of carbonyl (C=O) groups excluding carboxylic acids is 2. The number of carbonyl (C=O) groups is 2. The Balaban J connectivity index is 0. The lowest BCUT2D eigenvalue weighted by Gasteiger charge is -2.29. The zero-order valence-electron chi connectivity index (χ0n) is 13.4. The van der Waals surface area contributed by atoms with Crippen LogP contribution in [0.2, 0.25) is 0 Å². The molecule has 6 heteroatoms. The second-order valence-corrected chi connectivity index (χ2v) is 6.32. The Morgan fingerprint density at radius 2 is 1.85 bits per heavy atom. The van der Waals surface area contributed by atoms with E-state index in [1.54, 1.807) is 11.9 Å². The Morgan fingerprint density at radius 1 is 1.30 bits per heavy atom. The molecule has 0 aliphatic heterocycles. The molecule has 0 aliphatic carbocycles. The van der Waals surface area contributed by atoms with Crippen molar-refractivity contribution in [1.29, 1.82) is 0 Å². The first kappa shape index (κ1) is 21.5. The van der Waals surface area contributed by atoms with Gasteiger partial charge in [0.05, 0.1) is 0 Å². The van der Waals surface area contributed by atoms with E-state index in [9.17, 15) is 9.59 Å². The lowest BCUT2D eigenvalue weighted by Crippen LogP contribution is -2.40. The first-order valence-electron chi connectivity index (χ1n) is 6.88. The van der Waals surface area contributed by atoms with Crippen LogP contribution in [0.25, 0.3) is 0 Å². The summed E-state index contributed by atoms with van der Waals surface area (Å²) in [6.07, 6.45) is 0.839. The van der Waals surface area contributed by atoms with Gasteiger partial charge in [-0.3, -0.25) is 9.59 Å². The normalized spacial score (nSPS) is 10.9. The van der Waals surface area contributed by atoms with E-state index < -0.39 is 0 Å². The van der Waals surface area contributed by atoms with Gasteiger partial charge in [-0.1, -0.05) is 27.7 Å². The minimum absolute atomic E-state index is 0. The summed E-state index contributed by atoms with van der Waals surface area (Å²) in [5.41, 5.74) is 5.57. The molecule has 5 nitrogen and oxygen atoms in total. The highest BCUT2D eigenvalue weighted by Crippen LogP contribution is 2.14. The van der Waals surface area contributed by atoms with Gasteiger partial charge >= 0.3 is 0 Å². The summed E-state index contributed by atoms with van der Waals surface area (Å²) >= 11 is 0. The summed E-state index contributed by atoms with van der Waals surface area (Å²) in [5, 5.41) is 2.77. The number of rotatable bonds is 8. The molecule has 0 aromatic heterocycles. The van der Waals surface area contributed by atoms with Gasteiger partial charge in [0, 0.05) is 33.0 Å². The number of nitrogens with two attached hydrogens (primary N) is 1. The van der Waals surface area contributed by atoms with Gasteiger partial charge in [-0.2, -0.15) is 0 Å². The molecule has 0 unspecified atom stereocenters. The number of amides is 2. The first-order valence-corrected chi connectivity index (χ1v) is 6.88. The highest BCUT2D eigenvalue weighted by molar-refractivity contribution is 5.85. The molecule has 0 aliphatic rings. The fourth-order valence-electron chi connectivity index (χ4n) is 1.74. The summed E-state index contributed by atoms with van der Waals surface area (Å²) in [6, 6.07) is 0. The number of halogens is 1. The highest BCUT2D eigenvalue weighted by atomic mass is 35.5. The number of nitrogens with one attached hydrogen (secondary N) is 1. The maximum Gasteiger partial charge on any atom is 0.224 e. The Morgan fingerprint density at radius 3 is 2.30 bits per heavy atom. The Kier molecular flexibility index (Phi) is 10.7. The van der Waals surface area contributed by atoms with Crippen LogP contribution >= 0.6 is 12.4 Å². The monoisotopic (exact) mass is 307 g/mol. The zero-order chi connectivity index (χ0) is 15.1. The van der Waals surface area contributed by atoms with Crippen LogP contribution in [-0.4, -0.2) is 43.4 Å². The molecule has 20 heavy (non-hydrogen) atoms. The standard InChI is InChI=1S/C14H29N3O2.ClH/c1-11(2)8-12(18)16-7-6-13(19)17(5)10-14(3,4)9-15;/h11H,6-10,15H2,1-5H3,(H,16,18);1H. The second-order valence-electron chi connectivity index (χ2n) is 6.32. The van der Waals surface area contributed by atoms with Crippen molar-refractivity contribution < 1.29 is 9.59 Å². The molecular weight excluding hydrogens is 278 g/mol. The summed E-state index contributed by atoms with van der Waals surface area (Å²) < 4.78 is 0. The molecule has 0 spiro atoms. The van der Waals surface area contributed by atoms with Gasteiger partial charge in [0.25, 0.3) is 0 Å². The minimum atomic E-state index is -0.0781. The van der Waals surface area contributed by atoms with Gasteiger partial charge in [-0.05, 0) is 17.9 Å². The molecule has 120 valence electrons. The molecule has 2 amide bonds. The molecule has 0 radical (unpaired) electrons. The maximum absolute atomic E-state index is 11.9. The maximum atomic E-state index is 11.9. The van der Waals surface area contributed by atoms with Gasteiger partial charge in [0.1, 0.15) is 0 Å². The third-order valence-electron chi connectivity index (χ3n) is 2.90. The van der Waals surface area contributed by atoms with Crippen LogP contribution in [0.4, 0.5) is 0 Å². The molecule has 0 rings (SSSR count). The molecule has 0 saturated carbocycles. The average molecular weight is 308 g/mol. The SMILES string of the molecule is CC(C)CC(=O)NCCC(=O)N(C)CC(C)(C)CN.Cl. The quantitative estimate of drug-likeness (QED) is 0.712. The third-order valence-corrected chi connectivity index (χ3v) is 2.90. The molecule has 0 aromatic rings. The summed E-state index contributed by atoms with van der Waals surface area (Å²) in [5.74, 6) is 0.378. The number of hydrogen-bond donors (Lipinski definition) is 2. The molecule has 3 N–H and O–H groups in total. The summed E-state index contributed by atoms with van der Waals surface area (Å²) in [7, 11) is 1.77. The minimum Gasteiger partial charge on any atom is -0.356 e. The van der Waals surface area contributed by atoms with Crippen molar-refractivity contribution in [1.82, 2.24) is 10.2 Å². The molecule has 0 aromatic carbocycles. The average Bonchev–Trinajstić information content (AvgIpc) is 2.27. The van der Waals surface area contributed by atoms with E-state index in [1.807, 2.05) is 27.7 Å². The Bertz CT molecular complexity index is 307. The predicted molar refractivity (Wildman–Crippen MR) is 84.8 cm³/mol. The van der Waals surface area contributed by atoms with Crippen LogP contribution in [0.15, 0.2) is 0 Å². The smallest absolute Gasteiger partial charge is 0.224 e. The van der Waals surface area contributed by atoms with Crippen LogP contribution in [0.1, 0.15) is 40.5 Å². The van der Waals surface area contributed by atoms with Crippen molar-refractivity contribution in [2.24, 2.45) is 17.1 Å². The van der Waals surface area contributed by atoms with Gasteiger partial charge < -0.3 is 16.0 Å². The van der Waals surface area contributed by atoms with Crippen LogP contribution in [0.5, 0.6) is 0 Å². The Labute approximate surface area is 129 Å². The van der Waals surface area contributed by atoms with Crippen molar-refractivity contribution in [3.63, 3.8) is 0 Å².